The minimum Gasteiger partial charge on any atom is -0.360 e. The highest BCUT2D eigenvalue weighted by Crippen LogP contribution is 2.26. The smallest absolute Gasteiger partial charge is 0.0601 e. The van der Waals surface area contributed by atoms with Gasteiger partial charge in [0.15, 0.2) is 0 Å². The van der Waals surface area contributed by atoms with Crippen molar-refractivity contribution in [3.63, 3.8) is 0 Å². The van der Waals surface area contributed by atoms with Crippen molar-refractivity contribution in [3.05, 3.63) is 34.4 Å². The summed E-state index contributed by atoms with van der Waals surface area (Å²) in [5, 5.41) is 1.29. The van der Waals surface area contributed by atoms with Gasteiger partial charge in [0.05, 0.1) is 5.52 Å². The number of benzene rings is 1. The summed E-state index contributed by atoms with van der Waals surface area (Å²) in [4.78, 5) is 3.29. The van der Waals surface area contributed by atoms with E-state index in [-0.39, 0.29) is 0 Å². The number of para-hydroxylation sites is 1. The number of H-pyrrole nitrogens is 1. The molecule has 0 fully saturated rings. The molecule has 0 aliphatic carbocycles. The fraction of sp³-hybridized carbons (Fsp3) is 0.231. The molecule has 2 heteroatoms. The van der Waals surface area contributed by atoms with Crippen molar-refractivity contribution < 1.29 is 0 Å². The molecule has 1 aromatic carbocycles. The van der Waals surface area contributed by atoms with Gasteiger partial charge in [-0.05, 0) is 40.9 Å². The van der Waals surface area contributed by atoms with Crippen LogP contribution in [0.15, 0.2) is 28.9 Å². The molecule has 1 heterocycles. The molecule has 0 spiro atoms. The largest absolute Gasteiger partial charge is 0.360 e. The first-order valence-corrected chi connectivity index (χ1v) is 5.76. The molecule has 0 saturated carbocycles. The molecule has 0 bridgehead atoms. The molecule has 0 saturated heterocycles. The highest BCUT2D eigenvalue weighted by Gasteiger charge is 2.04. The lowest BCUT2D eigenvalue weighted by Crippen LogP contribution is -1.80. The SMILES string of the molecule is CC#CCCc1c[nH]c2c(Br)cccc12. The molecule has 0 aliphatic rings. The van der Waals surface area contributed by atoms with Gasteiger partial charge in [-0.2, -0.15) is 0 Å². The van der Waals surface area contributed by atoms with Crippen LogP contribution in [0.2, 0.25) is 0 Å². The second-order valence-electron chi connectivity index (χ2n) is 3.40. The van der Waals surface area contributed by atoms with E-state index in [9.17, 15) is 0 Å². The second-order valence-corrected chi connectivity index (χ2v) is 4.26. The van der Waals surface area contributed by atoms with E-state index in [0.717, 1.165) is 17.3 Å². The Bertz CT molecular complexity index is 528. The van der Waals surface area contributed by atoms with Crippen LogP contribution in [0.1, 0.15) is 18.9 Å². The Morgan fingerprint density at radius 1 is 1.40 bits per heavy atom. The van der Waals surface area contributed by atoms with E-state index in [1.54, 1.807) is 0 Å². The summed E-state index contributed by atoms with van der Waals surface area (Å²) in [5.74, 6) is 6.01. The molecule has 1 N–H and O–H groups in total. The molecule has 1 nitrogen and oxygen atoms in total. The summed E-state index contributed by atoms with van der Waals surface area (Å²) in [5.41, 5.74) is 2.52. The number of nitrogens with one attached hydrogen (secondary N) is 1. The first-order valence-electron chi connectivity index (χ1n) is 4.97. The van der Waals surface area contributed by atoms with Crippen molar-refractivity contribution in [3.8, 4) is 11.8 Å². The lowest BCUT2D eigenvalue weighted by molar-refractivity contribution is 1.04. The Morgan fingerprint density at radius 2 is 2.27 bits per heavy atom. The quantitative estimate of drug-likeness (QED) is 0.790. The topological polar surface area (TPSA) is 15.8 Å². The van der Waals surface area contributed by atoms with Crippen molar-refractivity contribution in [1.82, 2.24) is 4.98 Å². The number of halogens is 1. The maximum absolute atomic E-state index is 3.53. The van der Waals surface area contributed by atoms with Gasteiger partial charge in [-0.3, -0.25) is 0 Å². The molecule has 1 aromatic heterocycles. The number of hydrogen-bond donors (Lipinski definition) is 1. The highest BCUT2D eigenvalue weighted by atomic mass is 79.9. The minimum atomic E-state index is 0.927. The van der Waals surface area contributed by atoms with Crippen molar-refractivity contribution in [2.24, 2.45) is 0 Å². The van der Waals surface area contributed by atoms with Crippen LogP contribution < -0.4 is 0 Å². The van der Waals surface area contributed by atoms with Crippen molar-refractivity contribution in [2.45, 2.75) is 19.8 Å². The lowest BCUT2D eigenvalue weighted by atomic mass is 10.1. The maximum atomic E-state index is 3.53. The van der Waals surface area contributed by atoms with E-state index < -0.39 is 0 Å². The zero-order valence-corrected chi connectivity index (χ0v) is 10.2. The number of aromatic nitrogens is 1. The van der Waals surface area contributed by atoms with Crippen molar-refractivity contribution >= 4 is 26.8 Å². The van der Waals surface area contributed by atoms with E-state index in [1.165, 1.54) is 16.5 Å². The van der Waals surface area contributed by atoms with Gasteiger partial charge < -0.3 is 4.98 Å². The van der Waals surface area contributed by atoms with Gasteiger partial charge in [0.2, 0.25) is 0 Å². The zero-order valence-electron chi connectivity index (χ0n) is 8.60. The van der Waals surface area contributed by atoms with Gasteiger partial charge in [0.25, 0.3) is 0 Å². The summed E-state index contributed by atoms with van der Waals surface area (Å²) in [6.07, 6.45) is 4.01. The third kappa shape index (κ3) is 2.08. The summed E-state index contributed by atoms with van der Waals surface area (Å²) in [6.45, 7) is 1.88. The number of aryl methyl sites for hydroxylation is 1. The first-order chi connectivity index (χ1) is 7.33. The molecule has 0 amide bonds. The average molecular weight is 262 g/mol. The Labute approximate surface area is 98.0 Å². The van der Waals surface area contributed by atoms with Crippen LogP contribution in [0.4, 0.5) is 0 Å². The van der Waals surface area contributed by atoms with E-state index in [0.29, 0.717) is 0 Å². The Morgan fingerprint density at radius 3 is 3.07 bits per heavy atom. The molecule has 0 atom stereocenters. The Kier molecular flexibility index (Phi) is 3.13. The Hall–Kier alpha value is -1.20. The minimum absolute atomic E-state index is 0.927. The first kappa shape index (κ1) is 10.3. The molecule has 2 aromatic rings. The number of rotatable bonds is 2. The molecule has 2 rings (SSSR count). The standard InChI is InChI=1S/C13H12BrN/c1-2-3-4-6-10-9-15-13-11(10)7-5-8-12(13)14/h5,7-9,15H,4,6H2,1H3. The van der Waals surface area contributed by atoms with Crippen LogP contribution in [-0.2, 0) is 6.42 Å². The van der Waals surface area contributed by atoms with Gasteiger partial charge in [0, 0.05) is 22.5 Å². The molecule has 0 aliphatic heterocycles. The van der Waals surface area contributed by atoms with Crippen LogP contribution in [-0.4, -0.2) is 4.98 Å². The fourth-order valence-electron chi connectivity index (χ4n) is 1.70. The molecule has 15 heavy (non-hydrogen) atoms. The second kappa shape index (κ2) is 4.55. The van der Waals surface area contributed by atoms with Gasteiger partial charge in [-0.25, -0.2) is 0 Å². The maximum Gasteiger partial charge on any atom is 0.0601 e. The van der Waals surface area contributed by atoms with Crippen LogP contribution in [0, 0.1) is 11.8 Å². The molecule has 0 unspecified atom stereocenters. The molecule has 0 radical (unpaired) electrons. The summed E-state index contributed by atoms with van der Waals surface area (Å²) in [6, 6.07) is 6.26. The molecular weight excluding hydrogens is 250 g/mol. The zero-order chi connectivity index (χ0) is 10.7. The number of hydrogen-bond acceptors (Lipinski definition) is 0. The third-order valence-corrected chi connectivity index (χ3v) is 3.11. The van der Waals surface area contributed by atoms with Gasteiger partial charge in [-0.15, -0.1) is 11.8 Å². The van der Waals surface area contributed by atoms with Gasteiger partial charge in [0.1, 0.15) is 0 Å². The normalized spacial score (nSPS) is 10.0. The molecule has 76 valence electrons. The predicted octanol–water partition coefficient (Wildman–Crippen LogP) is 3.89. The number of fused-ring (bicyclic) bond motifs is 1. The Balaban J connectivity index is 2.35. The predicted molar refractivity (Wildman–Crippen MR) is 67.8 cm³/mol. The highest BCUT2D eigenvalue weighted by molar-refractivity contribution is 9.10. The molecular formula is C13H12BrN. The van der Waals surface area contributed by atoms with Gasteiger partial charge >= 0.3 is 0 Å². The third-order valence-electron chi connectivity index (χ3n) is 2.45. The van der Waals surface area contributed by atoms with Crippen molar-refractivity contribution in [1.29, 1.82) is 0 Å². The summed E-state index contributed by atoms with van der Waals surface area (Å²) >= 11 is 3.53. The summed E-state index contributed by atoms with van der Waals surface area (Å²) < 4.78 is 1.12. The van der Waals surface area contributed by atoms with Crippen LogP contribution in [0.3, 0.4) is 0 Å². The van der Waals surface area contributed by atoms with E-state index in [1.807, 2.05) is 6.92 Å². The fourth-order valence-corrected chi connectivity index (χ4v) is 2.19. The number of aromatic amines is 1. The van der Waals surface area contributed by atoms with E-state index in [2.05, 4.69) is 57.2 Å². The van der Waals surface area contributed by atoms with Crippen LogP contribution in [0.25, 0.3) is 10.9 Å². The summed E-state index contributed by atoms with van der Waals surface area (Å²) in [7, 11) is 0. The van der Waals surface area contributed by atoms with Crippen LogP contribution >= 0.6 is 15.9 Å². The average Bonchev–Trinajstić information content (AvgIpc) is 2.64. The van der Waals surface area contributed by atoms with Crippen LogP contribution in [0.5, 0.6) is 0 Å². The van der Waals surface area contributed by atoms with Crippen molar-refractivity contribution in [2.75, 3.05) is 0 Å². The van der Waals surface area contributed by atoms with E-state index in [4.69, 9.17) is 0 Å². The monoisotopic (exact) mass is 261 g/mol. The van der Waals surface area contributed by atoms with Gasteiger partial charge in [-0.1, -0.05) is 12.1 Å². The van der Waals surface area contributed by atoms with E-state index >= 15 is 0 Å². The lowest BCUT2D eigenvalue weighted by Gasteiger charge is -1.96.